The van der Waals surface area contributed by atoms with E-state index in [-0.39, 0.29) is 0 Å². The highest BCUT2D eigenvalue weighted by atomic mass is 15.6. The van der Waals surface area contributed by atoms with Crippen LogP contribution >= 0.6 is 0 Å². The molecule has 0 saturated carbocycles. The summed E-state index contributed by atoms with van der Waals surface area (Å²) < 4.78 is 0. The van der Waals surface area contributed by atoms with Crippen molar-refractivity contribution >= 4 is 5.71 Å². The minimum Gasteiger partial charge on any atom is -0.283 e. The molecule has 0 bridgehead atoms. The molecule has 2 aliphatic heterocycles. The second-order valence-electron chi connectivity index (χ2n) is 4.63. The lowest BCUT2D eigenvalue weighted by Crippen LogP contribution is -2.13. The standard InChI is InChI=1S/C12H14N2/c1-12(2)11-8-10(13-14(11)12)9-6-4-3-5-7-9/h3-7,11H,8H2,1-2H3. The molecule has 72 valence electrons. The molecule has 1 unspecified atom stereocenters. The highest BCUT2D eigenvalue weighted by Gasteiger charge is 2.59. The van der Waals surface area contributed by atoms with Crippen LogP contribution in [-0.2, 0) is 0 Å². The smallest absolute Gasteiger partial charge is 0.0776 e. The van der Waals surface area contributed by atoms with Crippen molar-refractivity contribution in [2.24, 2.45) is 5.10 Å². The molecule has 2 heterocycles. The van der Waals surface area contributed by atoms with Crippen LogP contribution in [0.4, 0.5) is 0 Å². The molecule has 1 aromatic rings. The largest absolute Gasteiger partial charge is 0.283 e. The summed E-state index contributed by atoms with van der Waals surface area (Å²) in [7, 11) is 0. The number of nitrogens with zero attached hydrogens (tertiary/aromatic N) is 2. The fourth-order valence-electron chi connectivity index (χ4n) is 2.24. The third-order valence-electron chi connectivity index (χ3n) is 3.36. The second kappa shape index (κ2) is 2.38. The fourth-order valence-corrected chi connectivity index (χ4v) is 2.24. The number of fused-ring (bicyclic) bond motifs is 1. The third kappa shape index (κ3) is 0.939. The van der Waals surface area contributed by atoms with Gasteiger partial charge in [0.05, 0.1) is 17.3 Å². The average molecular weight is 186 g/mol. The molecule has 0 amide bonds. The molecule has 2 nitrogen and oxygen atoms in total. The van der Waals surface area contributed by atoms with Gasteiger partial charge in [-0.15, -0.1) is 0 Å². The van der Waals surface area contributed by atoms with E-state index in [1.807, 2.05) is 6.07 Å². The highest BCUT2D eigenvalue weighted by Crippen LogP contribution is 2.47. The zero-order valence-electron chi connectivity index (χ0n) is 8.57. The summed E-state index contributed by atoms with van der Waals surface area (Å²) in [5, 5.41) is 6.85. The zero-order valence-corrected chi connectivity index (χ0v) is 8.57. The van der Waals surface area contributed by atoms with Crippen LogP contribution in [0.1, 0.15) is 25.8 Å². The van der Waals surface area contributed by atoms with Gasteiger partial charge >= 0.3 is 0 Å². The summed E-state index contributed by atoms with van der Waals surface area (Å²) in [5.41, 5.74) is 2.84. The fraction of sp³-hybridized carbons (Fsp3) is 0.417. The Morgan fingerprint density at radius 1 is 1.29 bits per heavy atom. The third-order valence-corrected chi connectivity index (χ3v) is 3.36. The van der Waals surface area contributed by atoms with Crippen LogP contribution in [0.3, 0.4) is 0 Å². The molecule has 1 aromatic carbocycles. The van der Waals surface area contributed by atoms with Gasteiger partial charge in [-0.1, -0.05) is 30.3 Å². The Kier molecular flexibility index (Phi) is 1.37. The number of hydrogen-bond acceptors (Lipinski definition) is 2. The lowest BCUT2D eigenvalue weighted by atomic mass is 10.0. The van der Waals surface area contributed by atoms with Gasteiger partial charge in [0, 0.05) is 6.42 Å². The van der Waals surface area contributed by atoms with E-state index < -0.39 is 0 Å². The molecule has 0 N–H and O–H groups in total. The second-order valence-corrected chi connectivity index (χ2v) is 4.63. The Hall–Kier alpha value is -1.31. The van der Waals surface area contributed by atoms with Crippen LogP contribution in [0.2, 0.25) is 0 Å². The summed E-state index contributed by atoms with van der Waals surface area (Å²) in [6, 6.07) is 11.1. The minimum absolute atomic E-state index is 0.318. The van der Waals surface area contributed by atoms with Crippen LogP contribution in [0.15, 0.2) is 35.4 Å². The van der Waals surface area contributed by atoms with Gasteiger partial charge in [-0.2, -0.15) is 5.10 Å². The van der Waals surface area contributed by atoms with Crippen molar-refractivity contribution in [3.05, 3.63) is 35.9 Å². The van der Waals surface area contributed by atoms with Gasteiger partial charge in [-0.05, 0) is 19.4 Å². The molecule has 2 aliphatic rings. The summed E-state index contributed by atoms with van der Waals surface area (Å²) in [5.74, 6) is 0. The molecule has 1 fully saturated rings. The number of hydrogen-bond donors (Lipinski definition) is 0. The van der Waals surface area contributed by atoms with E-state index in [2.05, 4.69) is 48.2 Å². The summed E-state index contributed by atoms with van der Waals surface area (Å²) in [6.45, 7) is 4.51. The van der Waals surface area contributed by atoms with Crippen LogP contribution in [0.25, 0.3) is 0 Å². The molecule has 0 radical (unpaired) electrons. The van der Waals surface area contributed by atoms with Crippen LogP contribution in [-0.4, -0.2) is 22.3 Å². The van der Waals surface area contributed by atoms with E-state index in [1.165, 1.54) is 11.3 Å². The van der Waals surface area contributed by atoms with Gasteiger partial charge in [0.25, 0.3) is 0 Å². The molecule has 14 heavy (non-hydrogen) atoms. The van der Waals surface area contributed by atoms with Crippen molar-refractivity contribution in [2.75, 3.05) is 0 Å². The molecule has 0 aromatic heterocycles. The summed E-state index contributed by atoms with van der Waals surface area (Å²) >= 11 is 0. The minimum atomic E-state index is 0.318. The first kappa shape index (κ1) is 8.04. The lowest BCUT2D eigenvalue weighted by molar-refractivity contribution is 0.475. The van der Waals surface area contributed by atoms with Crippen molar-refractivity contribution in [2.45, 2.75) is 31.8 Å². The molecule has 1 atom stereocenters. The summed E-state index contributed by atoms with van der Waals surface area (Å²) in [4.78, 5) is 0. The predicted octanol–water partition coefficient (Wildman–Crippen LogP) is 2.26. The Bertz CT molecular complexity index is 392. The Morgan fingerprint density at radius 2 is 2.00 bits per heavy atom. The SMILES string of the molecule is CC1(C)C2CC(c3ccccc3)=NN21. The summed E-state index contributed by atoms with van der Waals surface area (Å²) in [6.07, 6.45) is 1.11. The van der Waals surface area contributed by atoms with Gasteiger partial charge in [-0.25, -0.2) is 0 Å². The van der Waals surface area contributed by atoms with E-state index in [0.717, 1.165) is 6.42 Å². The Balaban J connectivity index is 1.89. The molecule has 0 aliphatic carbocycles. The first-order valence-corrected chi connectivity index (χ1v) is 5.12. The van der Waals surface area contributed by atoms with E-state index in [9.17, 15) is 0 Å². The number of rotatable bonds is 1. The topological polar surface area (TPSA) is 15.4 Å². The van der Waals surface area contributed by atoms with Gasteiger partial charge in [-0.3, -0.25) is 5.01 Å². The van der Waals surface area contributed by atoms with Crippen LogP contribution in [0.5, 0.6) is 0 Å². The maximum atomic E-state index is 4.64. The predicted molar refractivity (Wildman–Crippen MR) is 57.3 cm³/mol. The van der Waals surface area contributed by atoms with Crippen molar-refractivity contribution in [3.8, 4) is 0 Å². The van der Waals surface area contributed by atoms with E-state index in [0.29, 0.717) is 11.6 Å². The van der Waals surface area contributed by atoms with Crippen molar-refractivity contribution in [1.29, 1.82) is 0 Å². The van der Waals surface area contributed by atoms with Crippen LogP contribution in [0, 0.1) is 0 Å². The Labute approximate surface area is 84.2 Å². The van der Waals surface area contributed by atoms with Gasteiger partial charge in [0.2, 0.25) is 0 Å². The maximum absolute atomic E-state index is 4.64. The first-order valence-electron chi connectivity index (χ1n) is 5.12. The maximum Gasteiger partial charge on any atom is 0.0776 e. The van der Waals surface area contributed by atoms with Gasteiger partial charge in [0.15, 0.2) is 0 Å². The van der Waals surface area contributed by atoms with Crippen molar-refractivity contribution in [1.82, 2.24) is 5.01 Å². The highest BCUT2D eigenvalue weighted by molar-refractivity contribution is 6.02. The molecular weight excluding hydrogens is 172 g/mol. The van der Waals surface area contributed by atoms with Crippen LogP contribution < -0.4 is 0 Å². The van der Waals surface area contributed by atoms with Crippen molar-refractivity contribution < 1.29 is 0 Å². The average Bonchev–Trinajstić information content (AvgIpc) is 2.62. The monoisotopic (exact) mass is 186 g/mol. The molecule has 0 spiro atoms. The number of benzene rings is 1. The van der Waals surface area contributed by atoms with Crippen molar-refractivity contribution in [3.63, 3.8) is 0 Å². The van der Waals surface area contributed by atoms with Gasteiger partial charge in [0.1, 0.15) is 0 Å². The lowest BCUT2D eigenvalue weighted by Gasteiger charge is -2.06. The molecular formula is C12H14N2. The zero-order chi connectivity index (χ0) is 9.76. The molecule has 3 rings (SSSR count). The quantitative estimate of drug-likeness (QED) is 0.614. The Morgan fingerprint density at radius 3 is 2.57 bits per heavy atom. The first-order chi connectivity index (χ1) is 6.69. The van der Waals surface area contributed by atoms with E-state index in [4.69, 9.17) is 0 Å². The van der Waals surface area contributed by atoms with Gasteiger partial charge < -0.3 is 0 Å². The van der Waals surface area contributed by atoms with E-state index >= 15 is 0 Å². The van der Waals surface area contributed by atoms with E-state index in [1.54, 1.807) is 0 Å². The molecule has 2 heteroatoms. The number of hydrazone groups is 1. The normalized spacial score (nSPS) is 27.1. The molecule has 1 saturated heterocycles.